The summed E-state index contributed by atoms with van der Waals surface area (Å²) in [5.74, 6) is -0.973. The quantitative estimate of drug-likeness (QED) is 0.0261. The van der Waals surface area contributed by atoms with Crippen LogP contribution in [-0.2, 0) is 28.6 Å². The van der Waals surface area contributed by atoms with E-state index in [2.05, 4.69) is 179 Å². The average Bonchev–Trinajstić information content (AvgIpc) is 3.42. The molecule has 0 saturated carbocycles. The lowest BCUT2D eigenvalue weighted by Crippen LogP contribution is -2.30. The average molecular weight is 1050 g/mol. The molecule has 0 N–H and O–H groups in total. The molecule has 0 amide bonds. The van der Waals surface area contributed by atoms with Crippen LogP contribution in [-0.4, -0.2) is 37.2 Å². The van der Waals surface area contributed by atoms with Crippen molar-refractivity contribution < 1.29 is 28.6 Å². The van der Waals surface area contributed by atoms with Gasteiger partial charge < -0.3 is 14.2 Å². The number of hydrogen-bond acceptors (Lipinski definition) is 6. The van der Waals surface area contributed by atoms with Crippen molar-refractivity contribution in [3.05, 3.63) is 158 Å². The van der Waals surface area contributed by atoms with Crippen molar-refractivity contribution in [3.63, 3.8) is 0 Å². The van der Waals surface area contributed by atoms with Gasteiger partial charge in [0, 0.05) is 19.3 Å². The lowest BCUT2D eigenvalue weighted by molar-refractivity contribution is -0.167. The standard InChI is InChI=1S/C70H110O6/c1-4-7-10-13-16-19-22-25-27-28-29-30-31-32-33-34-35-36-37-38-39-40-41-42-44-45-48-51-54-57-60-63-69(72)75-66-67(65-74-68(71)62-59-56-53-50-47-24-21-18-15-12-9-6-3)76-70(73)64-61-58-55-52-49-46-43-26-23-20-17-14-11-8-5-2/h7-8,10-11,16-21,25-27,29-30,32-33,35-36,38-39,41-43,45,48,67H,4-6,9,12-15,22-24,28,31,34,37,40,44,46-47,49-66H2,1-3H3/b10-7-,11-8-,19-16-,20-17-,21-18-,27-25-,30-29-,33-32-,36-35-,39-38-,42-41-,43-26-,48-45-. The van der Waals surface area contributed by atoms with E-state index >= 15 is 0 Å². The zero-order valence-electron chi connectivity index (χ0n) is 48.7. The molecule has 6 heteroatoms. The van der Waals surface area contributed by atoms with Gasteiger partial charge in [0.25, 0.3) is 0 Å². The van der Waals surface area contributed by atoms with Crippen LogP contribution in [0.25, 0.3) is 0 Å². The highest BCUT2D eigenvalue weighted by atomic mass is 16.6. The van der Waals surface area contributed by atoms with Crippen molar-refractivity contribution in [3.8, 4) is 0 Å². The number of unbranched alkanes of at least 4 members (excludes halogenated alkanes) is 16. The minimum Gasteiger partial charge on any atom is -0.462 e. The summed E-state index contributed by atoms with van der Waals surface area (Å²) in [6, 6.07) is 0. The smallest absolute Gasteiger partial charge is 0.306 e. The first-order valence-electron chi connectivity index (χ1n) is 30.5. The number of rotatable bonds is 53. The van der Waals surface area contributed by atoms with E-state index in [0.717, 1.165) is 173 Å². The first-order valence-corrected chi connectivity index (χ1v) is 30.5. The second-order valence-electron chi connectivity index (χ2n) is 19.5. The van der Waals surface area contributed by atoms with Crippen molar-refractivity contribution >= 4 is 17.9 Å². The Morgan fingerprint density at radius 1 is 0.276 bits per heavy atom. The molecule has 1 atom stereocenters. The molecule has 0 aliphatic rings. The zero-order valence-corrected chi connectivity index (χ0v) is 48.7. The molecule has 0 aromatic carbocycles. The van der Waals surface area contributed by atoms with E-state index in [4.69, 9.17) is 14.2 Å². The maximum Gasteiger partial charge on any atom is 0.306 e. The predicted molar refractivity (Wildman–Crippen MR) is 329 cm³/mol. The van der Waals surface area contributed by atoms with Crippen molar-refractivity contribution in [2.75, 3.05) is 13.2 Å². The summed E-state index contributed by atoms with van der Waals surface area (Å²) in [7, 11) is 0. The van der Waals surface area contributed by atoms with Crippen molar-refractivity contribution in [2.24, 2.45) is 0 Å². The topological polar surface area (TPSA) is 78.9 Å². The molecule has 0 aliphatic carbocycles. The molecular weight excluding hydrogens is 937 g/mol. The van der Waals surface area contributed by atoms with Crippen molar-refractivity contribution in [2.45, 2.75) is 252 Å². The number of carbonyl (C=O) groups excluding carboxylic acids is 3. The monoisotopic (exact) mass is 1050 g/mol. The van der Waals surface area contributed by atoms with Gasteiger partial charge in [0.1, 0.15) is 13.2 Å². The number of allylic oxidation sites excluding steroid dienone is 26. The number of ether oxygens (including phenoxy) is 3. The molecule has 0 aromatic heterocycles. The lowest BCUT2D eigenvalue weighted by Gasteiger charge is -2.18. The lowest BCUT2D eigenvalue weighted by atomic mass is 10.1. The molecule has 6 nitrogen and oxygen atoms in total. The van der Waals surface area contributed by atoms with Gasteiger partial charge in [0.2, 0.25) is 0 Å². The Morgan fingerprint density at radius 3 is 0.829 bits per heavy atom. The summed E-state index contributed by atoms with van der Waals surface area (Å²) < 4.78 is 16.8. The van der Waals surface area contributed by atoms with Gasteiger partial charge in [-0.25, -0.2) is 0 Å². The molecule has 0 rings (SSSR count). The van der Waals surface area contributed by atoms with E-state index in [9.17, 15) is 14.4 Å². The van der Waals surface area contributed by atoms with E-state index in [1.54, 1.807) is 0 Å². The van der Waals surface area contributed by atoms with Gasteiger partial charge in [0.15, 0.2) is 6.10 Å². The molecular formula is C70H110O6. The van der Waals surface area contributed by atoms with Gasteiger partial charge in [0.05, 0.1) is 0 Å². The Bertz CT molecular complexity index is 1720. The number of esters is 3. The van der Waals surface area contributed by atoms with Crippen LogP contribution in [0.15, 0.2) is 158 Å². The highest BCUT2D eigenvalue weighted by molar-refractivity contribution is 5.71. The van der Waals surface area contributed by atoms with E-state index < -0.39 is 6.10 Å². The molecule has 0 saturated heterocycles. The van der Waals surface area contributed by atoms with Crippen LogP contribution in [0.3, 0.4) is 0 Å². The van der Waals surface area contributed by atoms with E-state index in [-0.39, 0.29) is 31.1 Å². The Morgan fingerprint density at radius 2 is 0.513 bits per heavy atom. The summed E-state index contributed by atoms with van der Waals surface area (Å²) in [6.45, 7) is 6.32. The van der Waals surface area contributed by atoms with Crippen LogP contribution in [0.4, 0.5) is 0 Å². The maximum absolute atomic E-state index is 12.8. The van der Waals surface area contributed by atoms with Crippen LogP contribution in [0.2, 0.25) is 0 Å². The SMILES string of the molecule is CC/C=C\C/C=C\C/C=C\C/C=C\C/C=C\C/C=C\C/C=C\C/C=C\C/C=C\CCCCCC(=O)OCC(COC(=O)CCCCCCC/C=C\CCCCC)OC(=O)CCCCCCC/C=C\C/C=C\C/C=C\CC. The number of hydrogen-bond donors (Lipinski definition) is 0. The molecule has 0 aliphatic heterocycles. The van der Waals surface area contributed by atoms with Crippen molar-refractivity contribution in [1.82, 2.24) is 0 Å². The van der Waals surface area contributed by atoms with Gasteiger partial charge in [-0.3, -0.25) is 14.4 Å². The largest absolute Gasteiger partial charge is 0.462 e. The third-order valence-electron chi connectivity index (χ3n) is 12.2. The molecule has 0 spiro atoms. The van der Waals surface area contributed by atoms with E-state index in [1.807, 2.05) is 0 Å². The second-order valence-corrected chi connectivity index (χ2v) is 19.5. The maximum atomic E-state index is 12.8. The summed E-state index contributed by atoms with van der Waals surface area (Å²) in [6.07, 6.45) is 91.0. The minimum atomic E-state index is -0.812. The first-order chi connectivity index (χ1) is 37.5. The van der Waals surface area contributed by atoms with Gasteiger partial charge in [-0.1, -0.05) is 237 Å². The summed E-state index contributed by atoms with van der Waals surface area (Å²) in [4.78, 5) is 38.2. The Balaban J connectivity index is 4.39. The van der Waals surface area contributed by atoms with Crippen LogP contribution < -0.4 is 0 Å². The molecule has 76 heavy (non-hydrogen) atoms. The third kappa shape index (κ3) is 59.9. The molecule has 0 heterocycles. The Labute approximate surface area is 467 Å². The fourth-order valence-electron chi connectivity index (χ4n) is 7.74. The third-order valence-corrected chi connectivity index (χ3v) is 12.2. The molecule has 426 valence electrons. The van der Waals surface area contributed by atoms with E-state index in [1.165, 1.54) is 32.1 Å². The van der Waals surface area contributed by atoms with Crippen LogP contribution in [0.1, 0.15) is 245 Å². The van der Waals surface area contributed by atoms with Crippen LogP contribution in [0.5, 0.6) is 0 Å². The Kier molecular flexibility index (Phi) is 58.5. The summed E-state index contributed by atoms with van der Waals surface area (Å²) >= 11 is 0. The highest BCUT2D eigenvalue weighted by Gasteiger charge is 2.19. The molecule has 1 unspecified atom stereocenters. The summed E-state index contributed by atoms with van der Waals surface area (Å²) in [5, 5.41) is 0. The van der Waals surface area contributed by atoms with Crippen molar-refractivity contribution in [1.29, 1.82) is 0 Å². The fourth-order valence-corrected chi connectivity index (χ4v) is 7.74. The van der Waals surface area contributed by atoms with Gasteiger partial charge in [-0.2, -0.15) is 0 Å². The molecule has 0 fully saturated rings. The van der Waals surface area contributed by atoms with Crippen LogP contribution in [0, 0.1) is 0 Å². The minimum absolute atomic E-state index is 0.106. The second kappa shape index (κ2) is 62.6. The highest BCUT2D eigenvalue weighted by Crippen LogP contribution is 2.13. The van der Waals surface area contributed by atoms with E-state index in [0.29, 0.717) is 19.3 Å². The first kappa shape index (κ1) is 71.0. The fraction of sp³-hybridized carbons (Fsp3) is 0.586. The van der Waals surface area contributed by atoms with Gasteiger partial charge >= 0.3 is 17.9 Å². The molecule has 0 bridgehead atoms. The normalized spacial score (nSPS) is 13.2. The number of carbonyl (C=O) groups is 3. The molecule has 0 radical (unpaired) electrons. The summed E-state index contributed by atoms with van der Waals surface area (Å²) in [5.41, 5.74) is 0. The zero-order chi connectivity index (χ0) is 55.0. The molecule has 0 aromatic rings. The predicted octanol–water partition coefficient (Wildman–Crippen LogP) is 20.9. The van der Waals surface area contributed by atoms with Gasteiger partial charge in [-0.15, -0.1) is 0 Å². The Hall–Kier alpha value is -4.97. The van der Waals surface area contributed by atoms with Gasteiger partial charge in [-0.05, 0) is 148 Å². The van der Waals surface area contributed by atoms with Crippen LogP contribution >= 0.6 is 0 Å².